The molecule has 3 aliphatic heterocycles. The zero-order chi connectivity index (χ0) is 31.7. The number of anilines is 6. The van der Waals surface area contributed by atoms with Crippen LogP contribution in [0.4, 0.5) is 34.5 Å². The highest BCUT2D eigenvalue weighted by Crippen LogP contribution is 2.40. The van der Waals surface area contributed by atoms with Crippen LogP contribution >= 0.6 is 43.5 Å². The maximum absolute atomic E-state index is 12.1. The van der Waals surface area contributed by atoms with Gasteiger partial charge in [0, 0.05) is 55.4 Å². The average Bonchev–Trinajstić information content (AvgIpc) is 3.33. The van der Waals surface area contributed by atoms with E-state index in [1.54, 1.807) is 18.3 Å². The number of aromatic nitrogens is 2. The second-order valence-corrected chi connectivity index (χ2v) is 15.7. The molecule has 6 rings (SSSR count). The van der Waals surface area contributed by atoms with Gasteiger partial charge in [-0.05, 0) is 95.0 Å². The van der Waals surface area contributed by atoms with Gasteiger partial charge in [-0.2, -0.15) is 4.98 Å². The molecular weight excluding hydrogens is 748 g/mol. The van der Waals surface area contributed by atoms with Crippen molar-refractivity contribution in [3.63, 3.8) is 0 Å². The van der Waals surface area contributed by atoms with Gasteiger partial charge in [0.1, 0.15) is 11.6 Å². The van der Waals surface area contributed by atoms with E-state index in [1.165, 1.54) is 19.5 Å². The van der Waals surface area contributed by atoms with Crippen LogP contribution in [0.3, 0.4) is 0 Å². The van der Waals surface area contributed by atoms with Crippen molar-refractivity contribution < 1.29 is 13.2 Å². The molecular formula is C30H37Br2ClN8O3S. The van der Waals surface area contributed by atoms with Gasteiger partial charge in [-0.25, -0.2) is 13.4 Å². The minimum absolute atomic E-state index is 0.321. The summed E-state index contributed by atoms with van der Waals surface area (Å²) in [5, 5.41) is 7.03. The Hall–Kier alpha value is -2.36. The van der Waals surface area contributed by atoms with Crippen LogP contribution in [0.15, 0.2) is 39.4 Å². The number of rotatable bonds is 8. The third-order valence-corrected chi connectivity index (χ3v) is 10.6. The van der Waals surface area contributed by atoms with Crippen molar-refractivity contribution in [1.82, 2.24) is 19.8 Å². The van der Waals surface area contributed by atoms with Crippen molar-refractivity contribution in [1.29, 1.82) is 0 Å². The molecule has 3 aromatic rings. The minimum atomic E-state index is -3.51. The number of sulfonamides is 1. The lowest BCUT2D eigenvalue weighted by molar-refractivity contribution is 0.174. The van der Waals surface area contributed by atoms with E-state index in [2.05, 4.69) is 78.9 Å². The van der Waals surface area contributed by atoms with Gasteiger partial charge in [0.05, 0.1) is 45.1 Å². The summed E-state index contributed by atoms with van der Waals surface area (Å²) in [4.78, 5) is 16.6. The molecule has 0 radical (unpaired) electrons. The van der Waals surface area contributed by atoms with E-state index in [1.807, 2.05) is 12.1 Å². The van der Waals surface area contributed by atoms with Crippen molar-refractivity contribution in [2.45, 2.75) is 31.7 Å². The summed E-state index contributed by atoms with van der Waals surface area (Å²) < 4.78 is 34.0. The third kappa shape index (κ3) is 7.96. The summed E-state index contributed by atoms with van der Waals surface area (Å²) in [5.41, 5.74) is 3.59. The second-order valence-electron chi connectivity index (χ2n) is 11.8. The monoisotopic (exact) mass is 782 g/mol. The van der Waals surface area contributed by atoms with Crippen LogP contribution in [-0.4, -0.2) is 93.4 Å². The summed E-state index contributed by atoms with van der Waals surface area (Å²) in [5.74, 6) is 1.46. The number of fused-ring (bicyclic) bond motifs is 1. The molecule has 242 valence electrons. The first-order valence-electron chi connectivity index (χ1n) is 15.0. The summed E-state index contributed by atoms with van der Waals surface area (Å²) in [6.07, 6.45) is 6.95. The molecule has 45 heavy (non-hydrogen) atoms. The fraction of sp³-hybridized carbons (Fsp3) is 0.467. The van der Waals surface area contributed by atoms with E-state index in [4.69, 9.17) is 16.3 Å². The number of halogens is 3. The van der Waals surface area contributed by atoms with E-state index >= 15 is 0 Å². The normalized spacial score (nSPS) is 18.3. The summed E-state index contributed by atoms with van der Waals surface area (Å²) in [6, 6.07) is 8.14. The Morgan fingerprint density at radius 1 is 0.956 bits per heavy atom. The molecule has 0 bridgehead atoms. The smallest absolute Gasteiger partial charge is 0.229 e. The molecule has 3 N–H and O–H groups in total. The van der Waals surface area contributed by atoms with Crippen molar-refractivity contribution in [3.05, 3.63) is 50.0 Å². The number of hydrogen-bond donors (Lipinski definition) is 3. The predicted molar refractivity (Wildman–Crippen MR) is 188 cm³/mol. The van der Waals surface area contributed by atoms with Crippen LogP contribution in [-0.2, 0) is 16.4 Å². The summed E-state index contributed by atoms with van der Waals surface area (Å²) in [7, 11) is -1.30. The first-order chi connectivity index (χ1) is 21.5. The standard InChI is InChI=1S/C30H37Br2ClN8O3S/c1-39-7-3-8-40(12-11-39)20-4-9-41(10-5-20)27-16-23(33)24(15-21(27)31)36-30-34-18-22(32)29(37-30)35-25-17-28-19(6-13-44-28)14-26(25)38-45(2,42)43/h14-18,20,38H,3-13H2,1-2H3,(H2,34,35,36,37). The van der Waals surface area contributed by atoms with Crippen molar-refractivity contribution in [2.75, 3.05) is 79.4 Å². The number of likely N-dealkylation sites (N-methyl/N-ethyl adjacent to an activating group) is 1. The van der Waals surface area contributed by atoms with Gasteiger partial charge in [0.2, 0.25) is 16.0 Å². The lowest BCUT2D eigenvalue weighted by Gasteiger charge is -2.39. The molecule has 3 aliphatic rings. The highest BCUT2D eigenvalue weighted by atomic mass is 79.9. The first kappa shape index (κ1) is 32.6. The van der Waals surface area contributed by atoms with E-state index in [0.29, 0.717) is 63.1 Å². The van der Waals surface area contributed by atoms with Gasteiger partial charge >= 0.3 is 0 Å². The van der Waals surface area contributed by atoms with Gasteiger partial charge in [0.15, 0.2) is 0 Å². The Morgan fingerprint density at radius 3 is 2.53 bits per heavy atom. The Kier molecular flexibility index (Phi) is 9.98. The van der Waals surface area contributed by atoms with E-state index < -0.39 is 10.0 Å². The molecule has 0 unspecified atom stereocenters. The molecule has 2 fully saturated rings. The molecule has 0 atom stereocenters. The van der Waals surface area contributed by atoms with Gasteiger partial charge < -0.3 is 25.2 Å². The minimum Gasteiger partial charge on any atom is -0.493 e. The SMILES string of the molecule is CN1CCCN(C2CCN(c3cc(Cl)c(Nc4ncc(Br)c(Nc5cc6c(cc5NS(C)(=O)=O)CCO6)n4)cc3Br)CC2)CC1. The molecule has 1 aromatic heterocycles. The maximum Gasteiger partial charge on any atom is 0.229 e. The van der Waals surface area contributed by atoms with Gasteiger partial charge in [-0.1, -0.05) is 11.6 Å². The van der Waals surface area contributed by atoms with Crippen molar-refractivity contribution >= 4 is 88.0 Å². The molecule has 0 amide bonds. The van der Waals surface area contributed by atoms with Gasteiger partial charge in [0.25, 0.3) is 0 Å². The molecule has 0 spiro atoms. The van der Waals surface area contributed by atoms with Gasteiger partial charge in [-0.15, -0.1) is 0 Å². The first-order valence-corrected chi connectivity index (χ1v) is 18.9. The number of ether oxygens (including phenoxy) is 1. The van der Waals surface area contributed by atoms with Crippen LogP contribution in [0.1, 0.15) is 24.8 Å². The maximum atomic E-state index is 12.1. The third-order valence-electron chi connectivity index (χ3n) is 8.48. The van der Waals surface area contributed by atoms with E-state index in [0.717, 1.165) is 61.0 Å². The number of nitrogens with one attached hydrogen (secondary N) is 3. The lowest BCUT2D eigenvalue weighted by Crippen LogP contribution is -2.46. The molecule has 11 nitrogen and oxygen atoms in total. The molecule has 15 heteroatoms. The summed E-state index contributed by atoms with van der Waals surface area (Å²) in [6.45, 7) is 7.15. The Morgan fingerprint density at radius 2 is 1.76 bits per heavy atom. The zero-order valence-electron chi connectivity index (χ0n) is 25.2. The molecule has 0 saturated carbocycles. The predicted octanol–water partition coefficient (Wildman–Crippen LogP) is 6.05. The van der Waals surface area contributed by atoms with Crippen molar-refractivity contribution in [2.24, 2.45) is 0 Å². The fourth-order valence-electron chi connectivity index (χ4n) is 6.15. The zero-order valence-corrected chi connectivity index (χ0v) is 30.0. The van der Waals surface area contributed by atoms with Gasteiger partial charge in [-0.3, -0.25) is 9.62 Å². The van der Waals surface area contributed by atoms with E-state index in [-0.39, 0.29) is 0 Å². The molecule has 2 saturated heterocycles. The molecule has 4 heterocycles. The average molecular weight is 785 g/mol. The summed E-state index contributed by atoms with van der Waals surface area (Å²) >= 11 is 14.1. The van der Waals surface area contributed by atoms with Crippen LogP contribution in [0.25, 0.3) is 0 Å². The number of nitrogens with zero attached hydrogens (tertiary/aromatic N) is 5. The van der Waals surface area contributed by atoms with Crippen LogP contribution in [0.5, 0.6) is 5.75 Å². The number of piperidine rings is 1. The molecule has 2 aromatic carbocycles. The Bertz CT molecular complexity index is 1670. The highest BCUT2D eigenvalue weighted by molar-refractivity contribution is 9.11. The molecule has 0 aliphatic carbocycles. The Labute approximate surface area is 286 Å². The van der Waals surface area contributed by atoms with Crippen LogP contribution in [0.2, 0.25) is 5.02 Å². The number of hydrogen-bond acceptors (Lipinski definition) is 10. The van der Waals surface area contributed by atoms with E-state index in [9.17, 15) is 8.42 Å². The lowest BCUT2D eigenvalue weighted by atomic mass is 10.0. The largest absolute Gasteiger partial charge is 0.493 e. The van der Waals surface area contributed by atoms with Crippen molar-refractivity contribution in [3.8, 4) is 5.75 Å². The topological polar surface area (TPSA) is 115 Å². The second kappa shape index (κ2) is 13.8. The quantitative estimate of drug-likeness (QED) is 0.250. The Balaban J connectivity index is 1.16. The van der Waals surface area contributed by atoms with Crippen LogP contribution < -0.4 is 25.0 Å². The fourth-order valence-corrected chi connectivity index (χ4v) is 7.81. The highest BCUT2D eigenvalue weighted by Gasteiger charge is 2.27. The van der Waals surface area contributed by atoms with Crippen LogP contribution in [0, 0.1) is 0 Å². The number of benzene rings is 2.